The first-order valence-corrected chi connectivity index (χ1v) is 3.62. The number of hydrogen-bond donors (Lipinski definition) is 1. The van der Waals surface area contributed by atoms with E-state index in [1.807, 2.05) is 6.08 Å². The number of allylic oxidation sites excluding steroid dienone is 1. The lowest BCUT2D eigenvalue weighted by Gasteiger charge is -2.11. The zero-order valence-electron chi connectivity index (χ0n) is 4.60. The first-order chi connectivity index (χ1) is 3.79. The second-order valence-corrected chi connectivity index (χ2v) is 3.09. The molecule has 0 spiro atoms. The smallest absolute Gasteiger partial charge is 0.0731 e. The molecule has 1 aliphatic rings. The molecule has 0 fully saturated rings. The van der Waals surface area contributed by atoms with Gasteiger partial charge in [0.15, 0.2) is 0 Å². The van der Waals surface area contributed by atoms with Crippen LogP contribution in [0.1, 0.15) is 19.3 Å². The van der Waals surface area contributed by atoms with Crippen LogP contribution >= 0.6 is 15.9 Å². The van der Waals surface area contributed by atoms with Gasteiger partial charge in [-0.2, -0.15) is 0 Å². The van der Waals surface area contributed by atoms with E-state index in [1.54, 1.807) is 0 Å². The molecule has 0 aliphatic heterocycles. The van der Waals surface area contributed by atoms with Crippen LogP contribution in [-0.2, 0) is 0 Å². The van der Waals surface area contributed by atoms with Crippen LogP contribution in [-0.4, -0.2) is 11.2 Å². The Morgan fingerprint density at radius 2 is 2.50 bits per heavy atom. The minimum atomic E-state index is -0.196. The summed E-state index contributed by atoms with van der Waals surface area (Å²) in [7, 11) is 0. The van der Waals surface area contributed by atoms with Crippen LogP contribution < -0.4 is 0 Å². The molecular formula is C6H9BrO. The zero-order valence-corrected chi connectivity index (χ0v) is 6.19. The first kappa shape index (κ1) is 6.30. The van der Waals surface area contributed by atoms with Crippen LogP contribution in [0, 0.1) is 0 Å². The molecule has 1 nitrogen and oxygen atoms in total. The Bertz CT molecular complexity index is 109. The molecule has 0 saturated heterocycles. The highest BCUT2D eigenvalue weighted by Crippen LogP contribution is 2.21. The minimum absolute atomic E-state index is 0.196. The molecule has 1 rings (SSSR count). The summed E-state index contributed by atoms with van der Waals surface area (Å²) < 4.78 is 1.15. The fourth-order valence-electron chi connectivity index (χ4n) is 0.855. The molecule has 0 aromatic carbocycles. The second kappa shape index (κ2) is 2.65. The van der Waals surface area contributed by atoms with Crippen molar-refractivity contribution in [2.45, 2.75) is 25.4 Å². The average molecular weight is 177 g/mol. The standard InChI is InChI=1S/C6H9BrO/c7-5-2-1-3-6(8)4-5/h4,6,8H,1-3H2/t6-/m0/s1. The van der Waals surface area contributed by atoms with Gasteiger partial charge in [-0.1, -0.05) is 15.9 Å². The number of hydrogen-bond acceptors (Lipinski definition) is 1. The molecule has 0 aromatic rings. The van der Waals surface area contributed by atoms with Gasteiger partial charge in [-0.15, -0.1) is 0 Å². The van der Waals surface area contributed by atoms with Gasteiger partial charge in [0, 0.05) is 0 Å². The van der Waals surface area contributed by atoms with E-state index in [-0.39, 0.29) is 6.10 Å². The number of aliphatic hydroxyl groups is 1. The maximum Gasteiger partial charge on any atom is 0.0731 e. The highest BCUT2D eigenvalue weighted by molar-refractivity contribution is 9.11. The summed E-state index contributed by atoms with van der Waals surface area (Å²) in [6.07, 6.45) is 4.80. The van der Waals surface area contributed by atoms with Gasteiger partial charge in [-0.3, -0.25) is 0 Å². The quantitative estimate of drug-likeness (QED) is 0.598. The Hall–Kier alpha value is 0.180. The van der Waals surface area contributed by atoms with Crippen molar-refractivity contribution >= 4 is 15.9 Å². The molecule has 1 aliphatic carbocycles. The van der Waals surface area contributed by atoms with E-state index in [2.05, 4.69) is 15.9 Å². The molecule has 46 valence electrons. The Balaban J connectivity index is 2.50. The maximum absolute atomic E-state index is 8.97. The topological polar surface area (TPSA) is 20.2 Å². The Morgan fingerprint density at radius 1 is 1.75 bits per heavy atom. The summed E-state index contributed by atoms with van der Waals surface area (Å²) in [5, 5.41) is 8.97. The van der Waals surface area contributed by atoms with E-state index in [1.165, 1.54) is 0 Å². The van der Waals surface area contributed by atoms with Crippen LogP contribution in [0.2, 0.25) is 0 Å². The third-order valence-electron chi connectivity index (χ3n) is 1.29. The molecule has 0 aromatic heterocycles. The van der Waals surface area contributed by atoms with Gasteiger partial charge in [0.25, 0.3) is 0 Å². The van der Waals surface area contributed by atoms with Gasteiger partial charge in [0.2, 0.25) is 0 Å². The van der Waals surface area contributed by atoms with Crippen molar-refractivity contribution in [3.05, 3.63) is 10.6 Å². The van der Waals surface area contributed by atoms with Crippen molar-refractivity contribution in [1.82, 2.24) is 0 Å². The van der Waals surface area contributed by atoms with Crippen LogP contribution in [0.4, 0.5) is 0 Å². The Kier molecular flexibility index (Phi) is 2.08. The maximum atomic E-state index is 8.97. The van der Waals surface area contributed by atoms with Gasteiger partial charge < -0.3 is 5.11 Å². The van der Waals surface area contributed by atoms with Gasteiger partial charge >= 0.3 is 0 Å². The first-order valence-electron chi connectivity index (χ1n) is 2.83. The average Bonchev–Trinajstić information content (AvgIpc) is 1.64. The van der Waals surface area contributed by atoms with Crippen molar-refractivity contribution < 1.29 is 5.11 Å². The lowest BCUT2D eigenvalue weighted by Crippen LogP contribution is -2.06. The lowest BCUT2D eigenvalue weighted by atomic mass is 10.1. The summed E-state index contributed by atoms with van der Waals surface area (Å²) in [6, 6.07) is 0. The normalized spacial score (nSPS) is 29.8. The highest BCUT2D eigenvalue weighted by Gasteiger charge is 2.07. The fraction of sp³-hybridized carbons (Fsp3) is 0.667. The molecule has 0 amide bonds. The van der Waals surface area contributed by atoms with Crippen molar-refractivity contribution in [3.63, 3.8) is 0 Å². The molecule has 8 heavy (non-hydrogen) atoms. The van der Waals surface area contributed by atoms with Crippen molar-refractivity contribution in [3.8, 4) is 0 Å². The van der Waals surface area contributed by atoms with Crippen LogP contribution in [0.25, 0.3) is 0 Å². The highest BCUT2D eigenvalue weighted by atomic mass is 79.9. The van der Waals surface area contributed by atoms with E-state index in [4.69, 9.17) is 5.11 Å². The summed E-state index contributed by atoms with van der Waals surface area (Å²) in [5.41, 5.74) is 0. The Labute approximate surface area is 57.5 Å². The molecule has 0 saturated carbocycles. The van der Waals surface area contributed by atoms with E-state index in [0.29, 0.717) is 0 Å². The molecule has 2 heteroatoms. The molecule has 0 bridgehead atoms. The monoisotopic (exact) mass is 176 g/mol. The van der Waals surface area contributed by atoms with Crippen LogP contribution in [0.15, 0.2) is 10.6 Å². The lowest BCUT2D eigenvalue weighted by molar-refractivity contribution is 0.204. The number of halogens is 1. The predicted molar refractivity (Wildman–Crippen MR) is 36.9 cm³/mol. The van der Waals surface area contributed by atoms with Gasteiger partial charge in [-0.25, -0.2) is 0 Å². The molecule has 1 atom stereocenters. The SMILES string of the molecule is O[C@@H]1C=C(Br)CCC1. The van der Waals surface area contributed by atoms with Crippen molar-refractivity contribution in [1.29, 1.82) is 0 Å². The summed E-state index contributed by atoms with van der Waals surface area (Å²) in [4.78, 5) is 0. The van der Waals surface area contributed by atoms with E-state index < -0.39 is 0 Å². The summed E-state index contributed by atoms with van der Waals surface area (Å²) >= 11 is 3.33. The van der Waals surface area contributed by atoms with E-state index in [9.17, 15) is 0 Å². The third-order valence-corrected chi connectivity index (χ3v) is 1.95. The Morgan fingerprint density at radius 3 is 2.88 bits per heavy atom. The van der Waals surface area contributed by atoms with Gasteiger partial charge in [-0.05, 0) is 29.8 Å². The molecule has 0 heterocycles. The van der Waals surface area contributed by atoms with Gasteiger partial charge in [0.05, 0.1) is 6.10 Å². The predicted octanol–water partition coefficient (Wildman–Crippen LogP) is 1.81. The fourth-order valence-corrected chi connectivity index (χ4v) is 1.44. The van der Waals surface area contributed by atoms with Crippen molar-refractivity contribution in [2.24, 2.45) is 0 Å². The number of aliphatic hydroxyl groups excluding tert-OH is 1. The number of rotatable bonds is 0. The summed E-state index contributed by atoms with van der Waals surface area (Å²) in [5.74, 6) is 0. The summed E-state index contributed by atoms with van der Waals surface area (Å²) in [6.45, 7) is 0. The molecule has 1 N–H and O–H groups in total. The molecular weight excluding hydrogens is 168 g/mol. The minimum Gasteiger partial charge on any atom is -0.389 e. The zero-order chi connectivity index (χ0) is 5.98. The van der Waals surface area contributed by atoms with E-state index in [0.717, 1.165) is 23.7 Å². The molecule has 0 unspecified atom stereocenters. The largest absolute Gasteiger partial charge is 0.389 e. The van der Waals surface area contributed by atoms with Crippen LogP contribution in [0.3, 0.4) is 0 Å². The van der Waals surface area contributed by atoms with Gasteiger partial charge in [0.1, 0.15) is 0 Å². The molecule has 0 radical (unpaired) electrons. The van der Waals surface area contributed by atoms with Crippen molar-refractivity contribution in [2.75, 3.05) is 0 Å². The second-order valence-electron chi connectivity index (χ2n) is 2.07. The van der Waals surface area contributed by atoms with Crippen LogP contribution in [0.5, 0.6) is 0 Å². The van der Waals surface area contributed by atoms with E-state index >= 15 is 0 Å². The third kappa shape index (κ3) is 1.60.